The molecule has 11 heteroatoms. The van der Waals surface area contributed by atoms with E-state index >= 15 is 0 Å². The average Bonchev–Trinajstić information content (AvgIpc) is 2.87. The third-order valence-corrected chi connectivity index (χ3v) is 4.92. The van der Waals surface area contributed by atoms with E-state index in [1.165, 1.54) is 0 Å². The van der Waals surface area contributed by atoms with E-state index < -0.39 is 52.4 Å². The second kappa shape index (κ2) is 5.84. The van der Waals surface area contributed by atoms with Crippen molar-refractivity contribution in [2.75, 3.05) is 13.2 Å². The van der Waals surface area contributed by atoms with Crippen molar-refractivity contribution in [2.45, 2.75) is 70.3 Å². The highest BCUT2D eigenvalue weighted by molar-refractivity contribution is 7.85. The number of hydrogen-bond donors (Lipinski definition) is 1. The molecule has 3 saturated heterocycles. The van der Waals surface area contributed by atoms with E-state index in [9.17, 15) is 13.2 Å². The van der Waals surface area contributed by atoms with Gasteiger partial charge in [-0.2, -0.15) is 8.42 Å². The van der Waals surface area contributed by atoms with Crippen LogP contribution in [0.4, 0.5) is 0 Å². The third-order valence-electron chi connectivity index (χ3n) is 3.96. The number of ether oxygens (including phenoxy) is 5. The van der Waals surface area contributed by atoms with E-state index in [4.69, 9.17) is 27.9 Å². The maximum absolute atomic E-state index is 11.8. The largest absolute Gasteiger partial charge is 0.362 e. The number of amides is 1. The molecule has 0 bridgehead atoms. The molecule has 3 aliphatic heterocycles. The molecule has 1 unspecified atom stereocenters. The first-order valence-corrected chi connectivity index (χ1v) is 9.29. The minimum atomic E-state index is -4.29. The van der Waals surface area contributed by atoms with Crippen molar-refractivity contribution < 1.29 is 41.1 Å². The molecule has 0 aromatic rings. The van der Waals surface area contributed by atoms with Crippen LogP contribution in [-0.4, -0.2) is 63.2 Å². The van der Waals surface area contributed by atoms with Gasteiger partial charge in [0, 0.05) is 6.92 Å². The van der Waals surface area contributed by atoms with Gasteiger partial charge in [-0.3, -0.25) is 4.79 Å². The molecule has 144 valence electrons. The average molecular weight is 381 g/mol. The summed E-state index contributed by atoms with van der Waals surface area (Å²) in [4.78, 5) is 11.0. The van der Waals surface area contributed by atoms with Crippen molar-refractivity contribution in [3.05, 3.63) is 0 Å². The van der Waals surface area contributed by atoms with Crippen LogP contribution in [0.2, 0.25) is 0 Å². The summed E-state index contributed by atoms with van der Waals surface area (Å²) in [6.07, 6.45) is -1.66. The molecular formula is C14H23NO9S. The summed E-state index contributed by atoms with van der Waals surface area (Å²) in [5.74, 6) is -4.14. The zero-order valence-corrected chi connectivity index (χ0v) is 15.5. The van der Waals surface area contributed by atoms with Crippen molar-refractivity contribution in [3.8, 4) is 0 Å². The fourth-order valence-corrected chi connectivity index (χ4v) is 4.04. The first kappa shape index (κ1) is 19.0. The smallest absolute Gasteiger partial charge is 0.343 e. The maximum Gasteiger partial charge on any atom is 0.362 e. The lowest BCUT2D eigenvalue weighted by atomic mass is 9.98. The third kappa shape index (κ3) is 3.82. The fourth-order valence-electron chi connectivity index (χ4n) is 3.31. The molecule has 0 saturated carbocycles. The molecule has 1 N–H and O–H groups in total. The van der Waals surface area contributed by atoms with Gasteiger partial charge >= 0.3 is 10.3 Å². The van der Waals surface area contributed by atoms with Gasteiger partial charge in [0.15, 0.2) is 11.6 Å². The molecule has 0 spiro atoms. The van der Waals surface area contributed by atoms with Crippen LogP contribution in [0.15, 0.2) is 0 Å². The Labute approximate surface area is 146 Å². The molecule has 0 aromatic heterocycles. The Morgan fingerprint density at radius 3 is 2.48 bits per heavy atom. The van der Waals surface area contributed by atoms with E-state index in [-0.39, 0.29) is 12.7 Å². The normalized spacial score (nSPS) is 38.8. The van der Waals surface area contributed by atoms with Crippen LogP contribution in [-0.2, 0) is 43.0 Å². The summed E-state index contributed by atoms with van der Waals surface area (Å²) in [5, 5.41) is 0. The molecule has 3 rings (SSSR count). The Balaban J connectivity index is 1.81. The van der Waals surface area contributed by atoms with Crippen molar-refractivity contribution in [1.82, 2.24) is 4.72 Å². The Bertz CT molecular complexity index is 661. The first-order chi connectivity index (χ1) is 11.3. The standard InChI is InChI=1S/C14H23NO9S/c1-8(16)15-25(17,18)20-7-14-11(23-13(4,5)24-14)10-9(6-19-14)21-12(2,3)22-10/h9-11H,6-7H2,1-5H3,(H,15,16)/t9-,10-,11?,14+/m1/s1. The molecule has 25 heavy (non-hydrogen) atoms. The van der Waals surface area contributed by atoms with Crippen molar-refractivity contribution in [1.29, 1.82) is 0 Å². The summed E-state index contributed by atoms with van der Waals surface area (Å²) in [5.41, 5.74) is 0. The summed E-state index contributed by atoms with van der Waals surface area (Å²) in [7, 11) is -4.29. The highest BCUT2D eigenvalue weighted by Crippen LogP contribution is 2.47. The van der Waals surface area contributed by atoms with Crippen LogP contribution in [0, 0.1) is 0 Å². The highest BCUT2D eigenvalue weighted by atomic mass is 32.2. The maximum atomic E-state index is 11.8. The van der Waals surface area contributed by atoms with Gasteiger partial charge in [-0.05, 0) is 27.7 Å². The highest BCUT2D eigenvalue weighted by Gasteiger charge is 2.65. The molecular weight excluding hydrogens is 358 g/mol. The van der Waals surface area contributed by atoms with Crippen molar-refractivity contribution in [2.24, 2.45) is 0 Å². The zero-order chi connectivity index (χ0) is 18.7. The lowest BCUT2D eigenvalue weighted by molar-refractivity contribution is -0.290. The molecule has 10 nitrogen and oxygen atoms in total. The molecule has 0 aliphatic carbocycles. The molecule has 0 aromatic carbocycles. The predicted molar refractivity (Wildman–Crippen MR) is 81.2 cm³/mol. The van der Waals surface area contributed by atoms with Gasteiger partial charge in [0.2, 0.25) is 11.7 Å². The SMILES string of the molecule is CC(=O)NS(=O)(=O)OC[C@@]12OC[C@H]3OC(C)(C)O[C@H]3C1OC(C)(C)O2. The van der Waals surface area contributed by atoms with Crippen LogP contribution in [0.3, 0.4) is 0 Å². The first-order valence-electron chi connectivity index (χ1n) is 7.88. The van der Waals surface area contributed by atoms with Gasteiger partial charge in [0.05, 0.1) is 6.61 Å². The van der Waals surface area contributed by atoms with Crippen molar-refractivity contribution >= 4 is 16.2 Å². The number of rotatable bonds is 4. The molecule has 4 atom stereocenters. The monoisotopic (exact) mass is 381 g/mol. The minimum absolute atomic E-state index is 0.119. The number of carbonyl (C=O) groups is 1. The molecule has 3 fully saturated rings. The topological polar surface area (TPSA) is 119 Å². The summed E-state index contributed by atoms with van der Waals surface area (Å²) in [6, 6.07) is 0. The summed E-state index contributed by atoms with van der Waals surface area (Å²) >= 11 is 0. The quantitative estimate of drug-likeness (QED) is 0.705. The Morgan fingerprint density at radius 1 is 1.16 bits per heavy atom. The molecule has 0 radical (unpaired) electrons. The Hall–Kier alpha value is -0.820. The minimum Gasteiger partial charge on any atom is -0.343 e. The molecule has 1 amide bonds. The lowest BCUT2D eigenvalue weighted by Crippen LogP contribution is -2.60. The molecule has 3 heterocycles. The van der Waals surface area contributed by atoms with E-state index in [1.807, 2.05) is 0 Å². The predicted octanol–water partition coefficient (Wildman–Crippen LogP) is -0.218. The lowest BCUT2D eigenvalue weighted by Gasteiger charge is -2.40. The second-order valence-electron chi connectivity index (χ2n) is 7.18. The van der Waals surface area contributed by atoms with Gasteiger partial charge in [-0.1, -0.05) is 0 Å². The van der Waals surface area contributed by atoms with Gasteiger partial charge in [0.1, 0.15) is 24.9 Å². The van der Waals surface area contributed by atoms with Crippen LogP contribution < -0.4 is 4.72 Å². The molecule has 3 aliphatic rings. The van der Waals surface area contributed by atoms with Gasteiger partial charge in [0.25, 0.3) is 0 Å². The number of hydrogen-bond acceptors (Lipinski definition) is 9. The van der Waals surface area contributed by atoms with Gasteiger partial charge in [-0.15, -0.1) is 0 Å². The van der Waals surface area contributed by atoms with Crippen molar-refractivity contribution in [3.63, 3.8) is 0 Å². The van der Waals surface area contributed by atoms with Gasteiger partial charge in [-0.25, -0.2) is 8.91 Å². The van der Waals surface area contributed by atoms with E-state index in [0.717, 1.165) is 6.92 Å². The van der Waals surface area contributed by atoms with Crippen LogP contribution >= 0.6 is 0 Å². The van der Waals surface area contributed by atoms with E-state index in [1.54, 1.807) is 32.4 Å². The van der Waals surface area contributed by atoms with Crippen LogP contribution in [0.25, 0.3) is 0 Å². The second-order valence-corrected chi connectivity index (χ2v) is 8.52. The Kier molecular flexibility index (Phi) is 4.43. The van der Waals surface area contributed by atoms with Crippen LogP contribution in [0.5, 0.6) is 0 Å². The number of fused-ring (bicyclic) bond motifs is 3. The van der Waals surface area contributed by atoms with E-state index in [0.29, 0.717) is 0 Å². The summed E-state index contributed by atoms with van der Waals surface area (Å²) in [6.45, 7) is 7.57. The van der Waals surface area contributed by atoms with E-state index in [2.05, 4.69) is 0 Å². The van der Waals surface area contributed by atoms with Gasteiger partial charge < -0.3 is 23.7 Å². The number of nitrogens with one attached hydrogen (secondary N) is 1. The summed E-state index contributed by atoms with van der Waals surface area (Å²) < 4.78 is 59.4. The van der Waals surface area contributed by atoms with Crippen LogP contribution in [0.1, 0.15) is 34.6 Å². The number of carbonyl (C=O) groups excluding carboxylic acids is 1. The fraction of sp³-hybridized carbons (Fsp3) is 0.929. The Morgan fingerprint density at radius 2 is 1.84 bits per heavy atom. The zero-order valence-electron chi connectivity index (χ0n) is 14.7.